The van der Waals surface area contributed by atoms with Crippen LogP contribution in [0.5, 0.6) is 5.75 Å². The topological polar surface area (TPSA) is 105 Å². The van der Waals surface area contributed by atoms with Crippen molar-refractivity contribution in [3.05, 3.63) is 30.3 Å². The van der Waals surface area contributed by atoms with E-state index in [2.05, 4.69) is 10.6 Å². The van der Waals surface area contributed by atoms with E-state index in [1.54, 1.807) is 24.3 Å². The molecule has 0 radical (unpaired) electrons. The highest BCUT2D eigenvalue weighted by Gasteiger charge is 2.50. The largest absolute Gasteiger partial charge is 0.484 e. The fourth-order valence-electron chi connectivity index (χ4n) is 1.84. The maximum atomic E-state index is 11.6. The molecule has 3 N–H and O–H groups in total. The van der Waals surface area contributed by atoms with Crippen LogP contribution in [0.25, 0.3) is 0 Å². The first-order valence-electron chi connectivity index (χ1n) is 6.96. The summed E-state index contributed by atoms with van der Waals surface area (Å²) in [5.74, 6) is -1.16. The van der Waals surface area contributed by atoms with Crippen molar-refractivity contribution in [3.8, 4) is 5.75 Å². The van der Waals surface area contributed by atoms with Crippen LogP contribution in [0, 0.1) is 5.41 Å². The number of hydrogen-bond donors (Lipinski definition) is 3. The molecule has 0 unspecified atom stereocenters. The number of ether oxygens (including phenoxy) is 1. The summed E-state index contributed by atoms with van der Waals surface area (Å²) in [7, 11) is 0. The number of para-hydroxylation sites is 1. The molecule has 0 saturated heterocycles. The fraction of sp³-hybridized carbons (Fsp3) is 0.400. The van der Waals surface area contributed by atoms with E-state index in [9.17, 15) is 14.4 Å². The summed E-state index contributed by atoms with van der Waals surface area (Å²) in [4.78, 5) is 34.0. The average Bonchev–Trinajstić information content (AvgIpc) is 3.31. The van der Waals surface area contributed by atoms with Gasteiger partial charge in [0.1, 0.15) is 5.75 Å². The normalized spacial score (nSPS) is 14.7. The van der Waals surface area contributed by atoms with Crippen molar-refractivity contribution in [2.45, 2.75) is 12.8 Å². The highest BCUT2D eigenvalue weighted by atomic mass is 16.5. The smallest absolute Gasteiger partial charge is 0.311 e. The molecule has 2 amide bonds. The van der Waals surface area contributed by atoms with Gasteiger partial charge < -0.3 is 20.5 Å². The summed E-state index contributed by atoms with van der Waals surface area (Å²) in [6, 6.07) is 8.86. The summed E-state index contributed by atoms with van der Waals surface area (Å²) in [5, 5.41) is 13.9. The van der Waals surface area contributed by atoms with Crippen LogP contribution < -0.4 is 15.4 Å². The van der Waals surface area contributed by atoms with Crippen LogP contribution in [0.3, 0.4) is 0 Å². The molecule has 1 aromatic rings. The molecule has 1 aliphatic carbocycles. The predicted molar refractivity (Wildman–Crippen MR) is 77.3 cm³/mol. The summed E-state index contributed by atoms with van der Waals surface area (Å²) in [6.45, 7) is -0.291. The summed E-state index contributed by atoms with van der Waals surface area (Å²) >= 11 is 0. The molecule has 0 aliphatic heterocycles. The number of carbonyl (C=O) groups excluding carboxylic acids is 2. The van der Waals surface area contributed by atoms with Crippen LogP contribution in [-0.2, 0) is 14.4 Å². The second-order valence-corrected chi connectivity index (χ2v) is 5.24. The maximum Gasteiger partial charge on any atom is 0.311 e. The summed E-state index contributed by atoms with van der Waals surface area (Å²) in [6.07, 6.45) is 1.14. The fourth-order valence-corrected chi connectivity index (χ4v) is 1.84. The van der Waals surface area contributed by atoms with E-state index in [1.165, 1.54) is 0 Å². The second kappa shape index (κ2) is 6.93. The molecule has 1 aromatic carbocycles. The molecule has 1 fully saturated rings. The summed E-state index contributed by atoms with van der Waals surface area (Å²) in [5.41, 5.74) is -0.809. The number of hydrogen-bond acceptors (Lipinski definition) is 4. The van der Waals surface area contributed by atoms with Crippen LogP contribution in [0.2, 0.25) is 0 Å². The minimum Gasteiger partial charge on any atom is -0.484 e. The van der Waals surface area contributed by atoms with Gasteiger partial charge in [0, 0.05) is 6.54 Å². The number of aliphatic carboxylic acids is 1. The third-order valence-electron chi connectivity index (χ3n) is 3.49. The molecule has 1 aliphatic rings. The lowest BCUT2D eigenvalue weighted by Crippen LogP contribution is -2.41. The SMILES string of the molecule is O=C(CNC(=O)COc1ccccc1)NCC1(C(=O)O)CC1. The van der Waals surface area contributed by atoms with Crippen molar-refractivity contribution in [2.75, 3.05) is 19.7 Å². The van der Waals surface area contributed by atoms with Gasteiger partial charge in [-0.25, -0.2) is 0 Å². The molecule has 0 heterocycles. The lowest BCUT2D eigenvalue weighted by Gasteiger charge is -2.11. The lowest BCUT2D eigenvalue weighted by atomic mass is 10.1. The monoisotopic (exact) mass is 306 g/mol. The van der Waals surface area contributed by atoms with E-state index >= 15 is 0 Å². The Bertz CT molecular complexity index is 554. The van der Waals surface area contributed by atoms with Gasteiger partial charge in [-0.2, -0.15) is 0 Å². The predicted octanol–water partition coefficient (Wildman–Crippen LogP) is 0.163. The molecule has 0 bridgehead atoms. The van der Waals surface area contributed by atoms with E-state index in [0.29, 0.717) is 18.6 Å². The molecule has 7 nitrogen and oxygen atoms in total. The highest BCUT2D eigenvalue weighted by molar-refractivity contribution is 5.86. The van der Waals surface area contributed by atoms with Gasteiger partial charge in [-0.3, -0.25) is 14.4 Å². The van der Waals surface area contributed by atoms with Crippen molar-refractivity contribution >= 4 is 17.8 Å². The van der Waals surface area contributed by atoms with Gasteiger partial charge in [0.15, 0.2) is 6.61 Å². The lowest BCUT2D eigenvalue weighted by molar-refractivity contribution is -0.143. The van der Waals surface area contributed by atoms with Gasteiger partial charge in [-0.05, 0) is 25.0 Å². The molecule has 22 heavy (non-hydrogen) atoms. The quantitative estimate of drug-likeness (QED) is 0.635. The number of carboxylic acids is 1. The Labute approximate surface area is 127 Å². The molecule has 2 rings (SSSR count). The number of carbonyl (C=O) groups is 3. The molecular weight excluding hydrogens is 288 g/mol. The Balaban J connectivity index is 1.62. The van der Waals surface area contributed by atoms with Crippen LogP contribution >= 0.6 is 0 Å². The molecule has 0 aromatic heterocycles. The number of carboxylic acid groups (broad SMARTS) is 1. The van der Waals surface area contributed by atoms with E-state index in [1.807, 2.05) is 6.07 Å². The Hall–Kier alpha value is -2.57. The van der Waals surface area contributed by atoms with Crippen LogP contribution in [0.15, 0.2) is 30.3 Å². The first-order valence-corrected chi connectivity index (χ1v) is 6.96. The number of benzene rings is 1. The van der Waals surface area contributed by atoms with Crippen molar-refractivity contribution in [3.63, 3.8) is 0 Å². The minimum absolute atomic E-state index is 0.0948. The van der Waals surface area contributed by atoms with E-state index in [-0.39, 0.29) is 19.7 Å². The zero-order chi connectivity index (χ0) is 16.0. The first-order chi connectivity index (χ1) is 10.5. The average molecular weight is 306 g/mol. The Morgan fingerprint density at radius 1 is 1.09 bits per heavy atom. The van der Waals surface area contributed by atoms with Crippen molar-refractivity contribution in [1.29, 1.82) is 0 Å². The Morgan fingerprint density at radius 3 is 2.36 bits per heavy atom. The number of amides is 2. The molecule has 1 saturated carbocycles. The maximum absolute atomic E-state index is 11.6. The Kier molecular flexibility index (Phi) is 4.98. The standard InChI is InChI=1S/C15H18N2O5/c18-12(17-10-15(6-7-15)14(20)21)8-16-13(19)9-22-11-4-2-1-3-5-11/h1-5H,6-10H2,(H,16,19)(H,17,18)(H,20,21). The molecule has 118 valence electrons. The summed E-state index contributed by atoms with van der Waals surface area (Å²) < 4.78 is 5.23. The molecule has 7 heteroatoms. The minimum atomic E-state index is -0.895. The third-order valence-corrected chi connectivity index (χ3v) is 3.49. The van der Waals surface area contributed by atoms with Crippen molar-refractivity contribution in [1.82, 2.24) is 10.6 Å². The van der Waals surface area contributed by atoms with Crippen molar-refractivity contribution in [2.24, 2.45) is 5.41 Å². The zero-order valence-corrected chi connectivity index (χ0v) is 12.0. The molecular formula is C15H18N2O5. The highest BCUT2D eigenvalue weighted by Crippen LogP contribution is 2.45. The van der Waals surface area contributed by atoms with Gasteiger partial charge >= 0.3 is 5.97 Å². The van der Waals surface area contributed by atoms with Crippen molar-refractivity contribution < 1.29 is 24.2 Å². The van der Waals surface area contributed by atoms with Crippen LogP contribution in [0.4, 0.5) is 0 Å². The molecule has 0 atom stereocenters. The zero-order valence-electron chi connectivity index (χ0n) is 12.0. The van der Waals surface area contributed by atoms with E-state index in [4.69, 9.17) is 9.84 Å². The van der Waals surface area contributed by atoms with Gasteiger partial charge in [-0.1, -0.05) is 18.2 Å². The van der Waals surface area contributed by atoms with Crippen LogP contribution in [0.1, 0.15) is 12.8 Å². The van der Waals surface area contributed by atoms with E-state index < -0.39 is 23.2 Å². The Morgan fingerprint density at radius 2 is 1.77 bits per heavy atom. The first kappa shape index (κ1) is 15.8. The number of nitrogens with one attached hydrogen (secondary N) is 2. The van der Waals surface area contributed by atoms with Gasteiger partial charge in [-0.15, -0.1) is 0 Å². The van der Waals surface area contributed by atoms with Gasteiger partial charge in [0.05, 0.1) is 12.0 Å². The van der Waals surface area contributed by atoms with Gasteiger partial charge in [0.25, 0.3) is 5.91 Å². The second-order valence-electron chi connectivity index (χ2n) is 5.24. The van der Waals surface area contributed by atoms with E-state index in [0.717, 1.165) is 0 Å². The number of rotatable bonds is 8. The van der Waals surface area contributed by atoms with Gasteiger partial charge in [0.2, 0.25) is 5.91 Å². The third kappa shape index (κ3) is 4.47. The van der Waals surface area contributed by atoms with Crippen LogP contribution in [-0.4, -0.2) is 42.6 Å². The molecule has 0 spiro atoms.